The molecule has 1 aromatic carbocycles. The van der Waals surface area contributed by atoms with Crippen LogP contribution in [0.5, 0.6) is 0 Å². The lowest BCUT2D eigenvalue weighted by Crippen LogP contribution is -2.16. The lowest BCUT2D eigenvalue weighted by atomic mass is 10.1. The molecule has 0 saturated heterocycles. The molecule has 0 radical (unpaired) electrons. The van der Waals surface area contributed by atoms with Crippen molar-refractivity contribution in [1.82, 2.24) is 9.78 Å². The van der Waals surface area contributed by atoms with Crippen molar-refractivity contribution < 1.29 is 8.42 Å². The third kappa shape index (κ3) is 2.93. The van der Waals surface area contributed by atoms with Gasteiger partial charge in [0.15, 0.2) is 0 Å². The van der Waals surface area contributed by atoms with Crippen LogP contribution >= 0.6 is 0 Å². The van der Waals surface area contributed by atoms with Crippen LogP contribution in [0.4, 0.5) is 5.69 Å². The molecule has 21 heavy (non-hydrogen) atoms. The fourth-order valence-corrected chi connectivity index (χ4v) is 3.81. The smallest absolute Gasteiger partial charge is 0.265 e. The van der Waals surface area contributed by atoms with E-state index in [-0.39, 0.29) is 4.90 Å². The summed E-state index contributed by atoms with van der Waals surface area (Å²) in [6, 6.07) is 5.49. The number of nitrogens with one attached hydrogen (secondary N) is 1. The molecule has 0 bridgehead atoms. The van der Waals surface area contributed by atoms with Gasteiger partial charge in [0, 0.05) is 13.6 Å². The molecule has 0 fully saturated rings. The monoisotopic (exact) mass is 308 g/mol. The number of aromatic nitrogens is 2. The van der Waals surface area contributed by atoms with Gasteiger partial charge in [0.05, 0.1) is 17.1 Å². The number of anilines is 1. The van der Waals surface area contributed by atoms with Gasteiger partial charge in [0.25, 0.3) is 10.0 Å². The van der Waals surface area contributed by atoms with Gasteiger partial charge < -0.3 is 5.73 Å². The summed E-state index contributed by atoms with van der Waals surface area (Å²) in [5.41, 5.74) is 8.95. The summed E-state index contributed by atoms with van der Waals surface area (Å²) in [6.07, 6.45) is 0. The molecule has 7 heteroatoms. The first kappa shape index (κ1) is 15.5. The number of hydrogen-bond acceptors (Lipinski definition) is 4. The minimum atomic E-state index is -3.68. The number of benzene rings is 1. The zero-order chi connectivity index (χ0) is 15.8. The van der Waals surface area contributed by atoms with E-state index >= 15 is 0 Å². The van der Waals surface area contributed by atoms with E-state index in [1.165, 1.54) is 0 Å². The predicted molar refractivity (Wildman–Crippen MR) is 82.6 cm³/mol. The maximum absolute atomic E-state index is 12.6. The van der Waals surface area contributed by atoms with Crippen LogP contribution in [-0.4, -0.2) is 18.2 Å². The van der Waals surface area contributed by atoms with E-state index in [0.29, 0.717) is 23.6 Å². The molecule has 0 spiro atoms. The van der Waals surface area contributed by atoms with Crippen molar-refractivity contribution in [3.8, 4) is 0 Å². The summed E-state index contributed by atoms with van der Waals surface area (Å²) in [4.78, 5) is 0.225. The number of nitrogens with zero attached hydrogens (tertiary/aromatic N) is 2. The molecule has 0 saturated carbocycles. The number of nitrogens with two attached hydrogens (primary N) is 1. The van der Waals surface area contributed by atoms with Crippen LogP contribution in [0, 0.1) is 20.8 Å². The molecule has 3 N–H and O–H groups in total. The van der Waals surface area contributed by atoms with Gasteiger partial charge in [-0.2, -0.15) is 5.10 Å². The first-order valence-corrected chi connectivity index (χ1v) is 8.07. The Morgan fingerprint density at radius 1 is 1.29 bits per heavy atom. The summed E-state index contributed by atoms with van der Waals surface area (Å²) >= 11 is 0. The van der Waals surface area contributed by atoms with Crippen molar-refractivity contribution in [2.75, 3.05) is 4.72 Å². The van der Waals surface area contributed by atoms with E-state index in [1.54, 1.807) is 31.6 Å². The number of rotatable bonds is 4. The predicted octanol–water partition coefficient (Wildman–Crippen LogP) is 1.60. The van der Waals surface area contributed by atoms with E-state index in [0.717, 1.165) is 11.1 Å². The highest BCUT2D eigenvalue weighted by molar-refractivity contribution is 7.92. The Bertz CT molecular complexity index is 779. The Morgan fingerprint density at radius 2 is 1.95 bits per heavy atom. The molecule has 1 heterocycles. The minimum Gasteiger partial charge on any atom is -0.326 e. The van der Waals surface area contributed by atoms with Gasteiger partial charge in [0.2, 0.25) is 0 Å². The third-order valence-corrected chi connectivity index (χ3v) is 5.11. The van der Waals surface area contributed by atoms with Crippen molar-refractivity contribution in [3.05, 3.63) is 40.7 Å². The van der Waals surface area contributed by atoms with Crippen molar-refractivity contribution in [2.45, 2.75) is 32.2 Å². The standard InChI is InChI=1S/C14H20N4O2S/c1-9-5-6-12(8-15)7-13(9)17-21(19,20)14-10(2)16-18(4)11(14)3/h5-7,17H,8,15H2,1-4H3. The Hall–Kier alpha value is -1.86. The molecule has 0 aliphatic carbocycles. The van der Waals surface area contributed by atoms with Crippen LogP contribution in [0.25, 0.3) is 0 Å². The highest BCUT2D eigenvalue weighted by Gasteiger charge is 2.24. The lowest BCUT2D eigenvalue weighted by Gasteiger charge is -2.12. The minimum absolute atomic E-state index is 0.225. The summed E-state index contributed by atoms with van der Waals surface area (Å²) in [6.45, 7) is 5.63. The van der Waals surface area contributed by atoms with E-state index < -0.39 is 10.0 Å². The largest absolute Gasteiger partial charge is 0.326 e. The summed E-state index contributed by atoms with van der Waals surface area (Å²) in [5.74, 6) is 0. The van der Waals surface area contributed by atoms with Gasteiger partial charge in [-0.05, 0) is 38.0 Å². The Kier molecular flexibility index (Phi) is 4.06. The molecule has 0 aliphatic heterocycles. The molecule has 1 aromatic heterocycles. The highest BCUT2D eigenvalue weighted by atomic mass is 32.2. The normalized spacial score (nSPS) is 11.7. The van der Waals surface area contributed by atoms with Gasteiger partial charge >= 0.3 is 0 Å². The zero-order valence-corrected chi connectivity index (χ0v) is 13.5. The van der Waals surface area contributed by atoms with E-state index in [1.807, 2.05) is 19.1 Å². The van der Waals surface area contributed by atoms with Crippen LogP contribution in [0.15, 0.2) is 23.1 Å². The highest BCUT2D eigenvalue weighted by Crippen LogP contribution is 2.24. The molecule has 114 valence electrons. The fraction of sp³-hybridized carbons (Fsp3) is 0.357. The quantitative estimate of drug-likeness (QED) is 0.898. The molecule has 2 rings (SSSR count). The average molecular weight is 308 g/mol. The zero-order valence-electron chi connectivity index (χ0n) is 12.6. The second-order valence-corrected chi connectivity index (χ2v) is 6.70. The first-order chi connectivity index (χ1) is 9.76. The van der Waals surface area contributed by atoms with Crippen molar-refractivity contribution in [2.24, 2.45) is 12.8 Å². The lowest BCUT2D eigenvalue weighted by molar-refractivity contribution is 0.599. The Labute approximate surface area is 125 Å². The topological polar surface area (TPSA) is 90.0 Å². The van der Waals surface area contributed by atoms with Gasteiger partial charge in [-0.25, -0.2) is 8.42 Å². The van der Waals surface area contributed by atoms with Crippen molar-refractivity contribution >= 4 is 15.7 Å². The molecule has 0 unspecified atom stereocenters. The average Bonchev–Trinajstić information content (AvgIpc) is 2.66. The van der Waals surface area contributed by atoms with Crippen molar-refractivity contribution in [1.29, 1.82) is 0 Å². The molecular weight excluding hydrogens is 288 g/mol. The second kappa shape index (κ2) is 5.50. The summed E-state index contributed by atoms with van der Waals surface area (Å²) < 4.78 is 29.4. The number of sulfonamides is 1. The molecule has 0 amide bonds. The molecule has 2 aromatic rings. The number of aryl methyl sites for hydroxylation is 3. The SMILES string of the molecule is Cc1ccc(CN)cc1NS(=O)(=O)c1c(C)nn(C)c1C. The fourth-order valence-electron chi connectivity index (χ4n) is 2.24. The van der Waals surface area contributed by atoms with Gasteiger partial charge in [-0.3, -0.25) is 9.40 Å². The maximum atomic E-state index is 12.6. The molecule has 0 aliphatic rings. The van der Waals surface area contributed by atoms with Crippen LogP contribution in [0.1, 0.15) is 22.5 Å². The van der Waals surface area contributed by atoms with Crippen molar-refractivity contribution in [3.63, 3.8) is 0 Å². The van der Waals surface area contributed by atoms with Crippen LogP contribution < -0.4 is 10.5 Å². The number of hydrogen-bond donors (Lipinski definition) is 2. The Morgan fingerprint density at radius 3 is 2.48 bits per heavy atom. The van der Waals surface area contributed by atoms with E-state index in [4.69, 9.17) is 5.73 Å². The van der Waals surface area contributed by atoms with E-state index in [2.05, 4.69) is 9.82 Å². The van der Waals surface area contributed by atoms with E-state index in [9.17, 15) is 8.42 Å². The summed E-state index contributed by atoms with van der Waals surface area (Å²) in [5, 5.41) is 4.15. The molecule has 6 nitrogen and oxygen atoms in total. The molecule has 0 atom stereocenters. The maximum Gasteiger partial charge on any atom is 0.265 e. The Balaban J connectivity index is 2.47. The van der Waals surface area contributed by atoms with Gasteiger partial charge in [0.1, 0.15) is 4.90 Å². The van der Waals surface area contributed by atoms with Gasteiger partial charge in [-0.1, -0.05) is 12.1 Å². The second-order valence-electron chi connectivity index (χ2n) is 5.08. The van der Waals surface area contributed by atoms with Crippen LogP contribution in [0.3, 0.4) is 0 Å². The first-order valence-electron chi connectivity index (χ1n) is 6.59. The molecular formula is C14H20N4O2S. The summed E-state index contributed by atoms with van der Waals surface area (Å²) in [7, 11) is -1.95. The van der Waals surface area contributed by atoms with Crippen LogP contribution in [0.2, 0.25) is 0 Å². The third-order valence-electron chi connectivity index (χ3n) is 3.49. The van der Waals surface area contributed by atoms with Crippen LogP contribution in [-0.2, 0) is 23.6 Å². The van der Waals surface area contributed by atoms with Gasteiger partial charge in [-0.15, -0.1) is 0 Å².